The minimum atomic E-state index is -4.76. The quantitative estimate of drug-likeness (QED) is 0.119. The monoisotopic (exact) mass is 814 g/mol. The molecule has 8 rings (SSSR count). The van der Waals surface area contributed by atoms with Gasteiger partial charge in [0.1, 0.15) is 17.4 Å². The minimum absolute atomic E-state index is 0. The van der Waals surface area contributed by atoms with E-state index in [0.717, 1.165) is 39.9 Å². The third kappa shape index (κ3) is 9.41. The number of hydrogen-bond donors (Lipinski definition) is 5. The van der Waals surface area contributed by atoms with Gasteiger partial charge in [0.05, 0.1) is 40.7 Å². The van der Waals surface area contributed by atoms with E-state index in [4.69, 9.17) is 0 Å². The summed E-state index contributed by atoms with van der Waals surface area (Å²) in [6.45, 7) is 10.1. The number of rotatable bonds is 7. The van der Waals surface area contributed by atoms with E-state index in [0.29, 0.717) is 37.3 Å². The van der Waals surface area contributed by atoms with Crippen LogP contribution in [0, 0.1) is 27.7 Å². The number of amides is 1. The largest absolute Gasteiger partial charge is 0.573 e. The lowest BCUT2D eigenvalue weighted by Crippen LogP contribution is -2.39. The smallest absolute Gasteiger partial charge is 0.406 e. The number of aryl methyl sites for hydroxylation is 4. The number of ether oxygens (including phenoxy) is 1. The summed E-state index contributed by atoms with van der Waals surface area (Å²) in [4.78, 5) is 24.3. The standard InChI is InChI=1S/C26H26F3N3O3.C15H19N3O.2ClH/c1-15-3-8-20-19(11-15)16(2)12-23(30-20)31-21-13-32(14-22(21)33)24(34)25(9-10-25)17-4-6-18(7-5-17)35-26(27,28)29;1-9-3-4-12-11(5-9)10(2)6-15(17-12)18-13-7-16-8-14(13)19;;/h3-8,11-12,21-22,33H,9-10,13-14H2,1-2H3,(H,30,31);3-6,13-14,16,19H,7-8H2,1-2H3,(H,17,18);2*1H/t21-,22-;13-,14-;;/m11../s1. The van der Waals surface area contributed by atoms with Gasteiger partial charge in [-0.25, -0.2) is 9.97 Å². The van der Waals surface area contributed by atoms with E-state index in [1.165, 1.54) is 40.8 Å². The molecule has 5 N–H and O–H groups in total. The van der Waals surface area contributed by atoms with E-state index in [9.17, 15) is 28.2 Å². The highest BCUT2D eigenvalue weighted by atomic mass is 35.5. The molecule has 3 aromatic carbocycles. The average molecular weight is 816 g/mol. The number of nitrogens with one attached hydrogen (secondary N) is 3. The van der Waals surface area contributed by atoms with Crippen molar-refractivity contribution in [1.82, 2.24) is 20.2 Å². The molecule has 5 aromatic rings. The number of halogens is 5. The maximum absolute atomic E-state index is 13.4. The summed E-state index contributed by atoms with van der Waals surface area (Å²) in [6, 6.07) is 21.5. The molecular weight excluding hydrogens is 768 g/mol. The third-order valence-electron chi connectivity index (χ3n) is 10.6. The molecule has 4 heterocycles. The second-order valence-electron chi connectivity index (χ2n) is 14.8. The van der Waals surface area contributed by atoms with Gasteiger partial charge in [0.2, 0.25) is 5.91 Å². The molecule has 0 unspecified atom stereocenters. The van der Waals surface area contributed by atoms with Crippen LogP contribution in [0.1, 0.15) is 40.7 Å². The van der Waals surface area contributed by atoms with Crippen molar-refractivity contribution in [3.63, 3.8) is 0 Å². The fourth-order valence-corrected chi connectivity index (χ4v) is 7.48. The van der Waals surface area contributed by atoms with Crippen LogP contribution in [0.3, 0.4) is 0 Å². The first-order chi connectivity index (χ1) is 25.7. The molecule has 1 saturated carbocycles. The van der Waals surface area contributed by atoms with Crippen molar-refractivity contribution < 1.29 is 32.9 Å². The van der Waals surface area contributed by atoms with Crippen LogP contribution in [0.25, 0.3) is 21.8 Å². The van der Waals surface area contributed by atoms with Gasteiger partial charge in [-0.1, -0.05) is 35.4 Å². The highest BCUT2D eigenvalue weighted by Gasteiger charge is 2.54. The Bertz CT molecular complexity index is 2190. The molecule has 3 aliphatic rings. The van der Waals surface area contributed by atoms with Crippen molar-refractivity contribution in [2.45, 2.75) is 76.6 Å². The third-order valence-corrected chi connectivity index (χ3v) is 10.6. The summed E-state index contributed by atoms with van der Waals surface area (Å²) >= 11 is 0. The number of carbonyl (C=O) groups excluding carboxylic acids is 1. The van der Waals surface area contributed by atoms with E-state index in [1.54, 1.807) is 4.90 Å². The summed E-state index contributed by atoms with van der Waals surface area (Å²) in [6.07, 6.45) is -4.66. The zero-order valence-corrected chi connectivity index (χ0v) is 33.1. The van der Waals surface area contributed by atoms with E-state index in [1.807, 2.05) is 44.2 Å². The van der Waals surface area contributed by atoms with Gasteiger partial charge < -0.3 is 35.8 Å². The van der Waals surface area contributed by atoms with Crippen LogP contribution < -0.4 is 20.7 Å². The lowest BCUT2D eigenvalue weighted by Gasteiger charge is -2.24. The number of anilines is 2. The van der Waals surface area contributed by atoms with Gasteiger partial charge in [0, 0.05) is 37.0 Å². The number of carbonyl (C=O) groups is 1. The van der Waals surface area contributed by atoms with E-state index in [2.05, 4.69) is 62.7 Å². The van der Waals surface area contributed by atoms with E-state index in [-0.39, 0.29) is 61.2 Å². The molecule has 2 aromatic heterocycles. The van der Waals surface area contributed by atoms with Crippen molar-refractivity contribution in [3.8, 4) is 5.75 Å². The number of pyridine rings is 2. The molecule has 300 valence electrons. The Morgan fingerprint density at radius 2 is 1.30 bits per heavy atom. The second-order valence-corrected chi connectivity index (χ2v) is 14.8. The predicted octanol–water partition coefficient (Wildman–Crippen LogP) is 6.91. The fraction of sp³-hybridized carbons (Fsp3) is 0.390. The zero-order valence-electron chi connectivity index (χ0n) is 31.5. The molecule has 2 aliphatic heterocycles. The number of benzene rings is 3. The fourth-order valence-electron chi connectivity index (χ4n) is 7.48. The Morgan fingerprint density at radius 1 is 0.768 bits per heavy atom. The van der Waals surface area contributed by atoms with Gasteiger partial charge in [-0.2, -0.15) is 0 Å². The average Bonchev–Trinajstić information content (AvgIpc) is 3.71. The molecule has 0 bridgehead atoms. The van der Waals surface area contributed by atoms with Crippen molar-refractivity contribution in [2.24, 2.45) is 0 Å². The second kappa shape index (κ2) is 17.0. The van der Waals surface area contributed by atoms with Crippen LogP contribution >= 0.6 is 24.8 Å². The van der Waals surface area contributed by atoms with Crippen molar-refractivity contribution in [1.29, 1.82) is 0 Å². The Balaban J connectivity index is 0.000000242. The number of β-amino-alcohol motifs (C(OH)–C–C–N with tert-alkyl or cyclic N) is 2. The number of aliphatic hydroxyl groups excluding tert-OH is 2. The molecule has 1 amide bonds. The van der Waals surface area contributed by atoms with Crippen LogP contribution in [0.2, 0.25) is 0 Å². The van der Waals surface area contributed by atoms with E-state index >= 15 is 0 Å². The summed E-state index contributed by atoms with van der Waals surface area (Å²) in [5.74, 6) is 1.03. The number of aliphatic hydroxyl groups is 2. The number of likely N-dealkylation sites (tertiary alicyclic amines) is 1. The predicted molar refractivity (Wildman–Crippen MR) is 217 cm³/mol. The number of nitrogens with zero attached hydrogens (tertiary/aromatic N) is 3. The Labute approximate surface area is 336 Å². The van der Waals surface area contributed by atoms with Gasteiger partial charge in [-0.15, -0.1) is 38.0 Å². The molecule has 10 nitrogen and oxygen atoms in total. The van der Waals surface area contributed by atoms with Crippen LogP contribution in [0.5, 0.6) is 5.75 Å². The molecule has 0 spiro atoms. The van der Waals surface area contributed by atoms with Crippen molar-refractivity contribution in [3.05, 3.63) is 101 Å². The molecule has 1 aliphatic carbocycles. The SMILES string of the molecule is Cc1ccc2nc(N[C@@H]3CN(C(=O)C4(c5ccc(OC(F)(F)F)cc5)CC4)C[C@H]3O)cc(C)c2c1.Cc1ccc2nc(N[C@@H]3CNC[C@H]3O)cc(C)c2c1.Cl.Cl. The molecule has 15 heteroatoms. The highest BCUT2D eigenvalue weighted by Crippen LogP contribution is 2.50. The zero-order chi connectivity index (χ0) is 38.4. The summed E-state index contributed by atoms with van der Waals surface area (Å²) in [7, 11) is 0. The molecule has 3 fully saturated rings. The van der Waals surface area contributed by atoms with Crippen LogP contribution in [0.15, 0.2) is 72.8 Å². The van der Waals surface area contributed by atoms with Crippen LogP contribution in [0.4, 0.5) is 24.8 Å². The van der Waals surface area contributed by atoms with Crippen molar-refractivity contribution >= 4 is 64.2 Å². The Morgan fingerprint density at radius 3 is 1.79 bits per heavy atom. The van der Waals surface area contributed by atoms with Crippen LogP contribution in [-0.2, 0) is 10.2 Å². The number of alkyl halides is 3. The first kappa shape index (κ1) is 42.7. The Hall–Kier alpha value is -4.40. The molecular formula is C41H47Cl2F3N6O4. The lowest BCUT2D eigenvalue weighted by molar-refractivity contribution is -0.274. The van der Waals surface area contributed by atoms with Gasteiger partial charge in [-0.05, 0) is 106 Å². The minimum Gasteiger partial charge on any atom is -0.406 e. The van der Waals surface area contributed by atoms with Crippen LogP contribution in [-0.4, -0.2) is 87.8 Å². The number of aromatic nitrogens is 2. The number of fused-ring (bicyclic) bond motifs is 2. The molecule has 0 radical (unpaired) electrons. The van der Waals surface area contributed by atoms with Gasteiger partial charge in [0.25, 0.3) is 0 Å². The van der Waals surface area contributed by atoms with Gasteiger partial charge >= 0.3 is 6.36 Å². The van der Waals surface area contributed by atoms with Crippen molar-refractivity contribution in [2.75, 3.05) is 36.8 Å². The summed E-state index contributed by atoms with van der Waals surface area (Å²) < 4.78 is 41.3. The Kier molecular flexibility index (Phi) is 13.0. The van der Waals surface area contributed by atoms with E-state index < -0.39 is 17.9 Å². The number of hydrogen-bond acceptors (Lipinski definition) is 9. The van der Waals surface area contributed by atoms with Gasteiger partial charge in [0.15, 0.2) is 0 Å². The highest BCUT2D eigenvalue weighted by molar-refractivity contribution is 5.92. The topological polar surface area (TPSA) is 132 Å². The summed E-state index contributed by atoms with van der Waals surface area (Å²) in [5, 5.41) is 32.5. The maximum atomic E-state index is 13.4. The van der Waals surface area contributed by atoms with Gasteiger partial charge in [-0.3, -0.25) is 4.79 Å². The lowest BCUT2D eigenvalue weighted by atomic mass is 9.94. The first-order valence-corrected chi connectivity index (χ1v) is 18.2. The molecule has 56 heavy (non-hydrogen) atoms. The maximum Gasteiger partial charge on any atom is 0.573 e. The molecule has 4 atom stereocenters. The summed E-state index contributed by atoms with van der Waals surface area (Å²) in [5.41, 5.74) is 6.41. The normalized spacial score (nSPS) is 21.1. The first-order valence-electron chi connectivity index (χ1n) is 18.2. The molecule has 2 saturated heterocycles.